The molecule has 0 spiro atoms. The maximum absolute atomic E-state index is 12.9. The van der Waals surface area contributed by atoms with Crippen LogP contribution in [0.15, 0.2) is 65.2 Å². The van der Waals surface area contributed by atoms with Gasteiger partial charge in [-0.25, -0.2) is 5.48 Å². The molecular formula is C22H22N4O5. The van der Waals surface area contributed by atoms with Gasteiger partial charge in [-0.3, -0.25) is 19.6 Å². The summed E-state index contributed by atoms with van der Waals surface area (Å²) in [7, 11) is 1.31. The lowest BCUT2D eigenvalue weighted by atomic mass is 10.0. The Morgan fingerprint density at radius 1 is 1.03 bits per heavy atom. The van der Waals surface area contributed by atoms with E-state index in [0.29, 0.717) is 11.5 Å². The molecule has 3 amide bonds. The minimum atomic E-state index is -1.58. The quantitative estimate of drug-likeness (QED) is 0.303. The zero-order chi connectivity index (χ0) is 22.4. The van der Waals surface area contributed by atoms with Crippen LogP contribution in [0.2, 0.25) is 0 Å². The van der Waals surface area contributed by atoms with Crippen molar-refractivity contribution in [3.63, 3.8) is 0 Å². The number of hydrogen-bond donors (Lipinski definition) is 3. The second-order valence-electron chi connectivity index (χ2n) is 6.88. The minimum absolute atomic E-state index is 0.000809. The summed E-state index contributed by atoms with van der Waals surface area (Å²) in [6.07, 6.45) is 0. The van der Waals surface area contributed by atoms with Crippen LogP contribution in [0.1, 0.15) is 21.8 Å². The van der Waals surface area contributed by atoms with Crippen molar-refractivity contribution in [3.8, 4) is 11.1 Å². The maximum Gasteiger partial charge on any atom is 0.275 e. The molecule has 31 heavy (non-hydrogen) atoms. The Morgan fingerprint density at radius 2 is 1.68 bits per heavy atom. The molecule has 0 aliphatic carbocycles. The van der Waals surface area contributed by atoms with E-state index >= 15 is 0 Å². The minimum Gasteiger partial charge on any atom is -0.361 e. The van der Waals surface area contributed by atoms with Gasteiger partial charge < -0.3 is 14.7 Å². The van der Waals surface area contributed by atoms with Gasteiger partial charge in [0.2, 0.25) is 0 Å². The van der Waals surface area contributed by atoms with E-state index in [2.05, 4.69) is 10.5 Å². The highest BCUT2D eigenvalue weighted by molar-refractivity contribution is 6.08. The van der Waals surface area contributed by atoms with Gasteiger partial charge in [0.25, 0.3) is 17.7 Å². The van der Waals surface area contributed by atoms with Crippen molar-refractivity contribution in [1.29, 1.82) is 0 Å². The van der Waals surface area contributed by atoms with Crippen LogP contribution >= 0.6 is 0 Å². The smallest absolute Gasteiger partial charge is 0.275 e. The predicted octanol–water partition coefficient (Wildman–Crippen LogP) is 1.91. The Balaban J connectivity index is 1.74. The number of likely N-dealkylation sites (N-methyl/N-ethyl adjacent to an activating group) is 1. The van der Waals surface area contributed by atoms with Gasteiger partial charge in [0.15, 0.2) is 6.04 Å². The summed E-state index contributed by atoms with van der Waals surface area (Å²) in [5.74, 6) is -1.80. The first-order valence-electron chi connectivity index (χ1n) is 9.47. The van der Waals surface area contributed by atoms with Crippen LogP contribution in [0.4, 0.5) is 0 Å². The van der Waals surface area contributed by atoms with Crippen LogP contribution in [0.3, 0.4) is 0 Å². The molecule has 3 aromatic rings. The molecule has 0 fully saturated rings. The largest absolute Gasteiger partial charge is 0.361 e. The Labute approximate surface area is 178 Å². The number of nitrogens with zero attached hydrogens (tertiary/aromatic N) is 2. The summed E-state index contributed by atoms with van der Waals surface area (Å²) >= 11 is 0. The second kappa shape index (κ2) is 9.68. The molecule has 160 valence electrons. The Hall–Kier alpha value is -3.98. The average molecular weight is 422 g/mol. The molecular weight excluding hydrogens is 400 g/mol. The van der Waals surface area contributed by atoms with E-state index in [1.807, 2.05) is 30.3 Å². The van der Waals surface area contributed by atoms with E-state index in [1.165, 1.54) is 12.5 Å². The zero-order valence-electron chi connectivity index (χ0n) is 17.0. The second-order valence-corrected chi connectivity index (χ2v) is 6.88. The number of nitrogens with one attached hydrogen (secondary N) is 2. The van der Waals surface area contributed by atoms with Crippen molar-refractivity contribution < 1.29 is 24.1 Å². The first kappa shape index (κ1) is 21.7. The topological polar surface area (TPSA) is 125 Å². The Kier molecular flexibility index (Phi) is 6.78. The monoisotopic (exact) mass is 422 g/mol. The van der Waals surface area contributed by atoms with E-state index in [0.717, 1.165) is 16.0 Å². The molecule has 1 aromatic heterocycles. The third kappa shape index (κ3) is 5.14. The number of aryl methyl sites for hydroxylation is 1. The van der Waals surface area contributed by atoms with E-state index < -0.39 is 23.8 Å². The van der Waals surface area contributed by atoms with E-state index in [-0.39, 0.29) is 12.1 Å². The number of aromatic nitrogens is 1. The van der Waals surface area contributed by atoms with Crippen molar-refractivity contribution in [3.05, 3.63) is 77.7 Å². The molecule has 0 bridgehead atoms. The molecule has 0 saturated carbocycles. The lowest BCUT2D eigenvalue weighted by Crippen LogP contribution is -2.55. The average Bonchev–Trinajstić information content (AvgIpc) is 3.22. The number of rotatable bonds is 7. The van der Waals surface area contributed by atoms with Crippen LogP contribution in [-0.2, 0) is 16.1 Å². The molecule has 0 aliphatic rings. The third-order valence-corrected chi connectivity index (χ3v) is 4.67. The molecule has 0 radical (unpaired) electrons. The molecule has 0 aliphatic heterocycles. The summed E-state index contributed by atoms with van der Waals surface area (Å²) in [5, 5.41) is 15.3. The molecule has 1 heterocycles. The summed E-state index contributed by atoms with van der Waals surface area (Å²) in [4.78, 5) is 38.6. The highest BCUT2D eigenvalue weighted by Crippen LogP contribution is 2.20. The summed E-state index contributed by atoms with van der Waals surface area (Å²) in [6.45, 7) is 1.70. The molecule has 2 aromatic carbocycles. The molecule has 9 heteroatoms. The van der Waals surface area contributed by atoms with E-state index in [4.69, 9.17) is 9.73 Å². The van der Waals surface area contributed by atoms with E-state index in [9.17, 15) is 14.4 Å². The first-order valence-corrected chi connectivity index (χ1v) is 9.47. The van der Waals surface area contributed by atoms with Crippen molar-refractivity contribution in [1.82, 2.24) is 20.9 Å². The predicted molar refractivity (Wildman–Crippen MR) is 111 cm³/mol. The van der Waals surface area contributed by atoms with Crippen LogP contribution in [-0.4, -0.2) is 46.1 Å². The van der Waals surface area contributed by atoms with Crippen molar-refractivity contribution >= 4 is 17.7 Å². The lowest BCUT2D eigenvalue weighted by molar-refractivity contribution is -0.141. The highest BCUT2D eigenvalue weighted by Gasteiger charge is 2.34. The molecule has 1 atom stereocenters. The van der Waals surface area contributed by atoms with Gasteiger partial charge in [0.05, 0.1) is 6.54 Å². The number of carbonyl (C=O) groups is 3. The van der Waals surface area contributed by atoms with Crippen molar-refractivity contribution in [2.45, 2.75) is 19.5 Å². The Bertz CT molecular complexity index is 1060. The van der Waals surface area contributed by atoms with Gasteiger partial charge >= 0.3 is 0 Å². The number of benzene rings is 2. The van der Waals surface area contributed by atoms with Gasteiger partial charge in [-0.2, -0.15) is 0 Å². The standard InChI is InChI=1S/C22H22N4O5/c1-14-12-18(25-31-14)13-23-20(27)19(21(28)24-30)26(2)22(29)17-10-8-16(9-11-17)15-6-4-3-5-7-15/h3-12,19,30H,13H2,1-2H3,(H,23,27)(H,24,28). The van der Waals surface area contributed by atoms with Gasteiger partial charge in [0.1, 0.15) is 11.5 Å². The number of carbonyl (C=O) groups excluding carboxylic acids is 3. The Morgan fingerprint density at radius 3 is 2.26 bits per heavy atom. The summed E-state index contributed by atoms with van der Waals surface area (Å²) in [6, 6.07) is 16.5. The number of hydrogen-bond acceptors (Lipinski definition) is 6. The summed E-state index contributed by atoms with van der Waals surface area (Å²) < 4.78 is 4.93. The lowest BCUT2D eigenvalue weighted by Gasteiger charge is -2.25. The molecule has 3 rings (SSSR count). The number of hydroxylamine groups is 1. The van der Waals surface area contributed by atoms with Gasteiger partial charge in [0, 0.05) is 18.7 Å². The molecule has 9 nitrogen and oxygen atoms in total. The molecule has 0 saturated heterocycles. The molecule has 1 unspecified atom stereocenters. The highest BCUT2D eigenvalue weighted by atomic mass is 16.5. The van der Waals surface area contributed by atoms with Gasteiger partial charge in [-0.05, 0) is 30.2 Å². The fourth-order valence-corrected chi connectivity index (χ4v) is 3.06. The molecule has 3 N–H and O–H groups in total. The van der Waals surface area contributed by atoms with Crippen LogP contribution in [0, 0.1) is 6.92 Å². The van der Waals surface area contributed by atoms with Crippen LogP contribution < -0.4 is 10.8 Å². The van der Waals surface area contributed by atoms with Gasteiger partial charge in [-0.1, -0.05) is 47.6 Å². The fourth-order valence-electron chi connectivity index (χ4n) is 3.06. The van der Waals surface area contributed by atoms with Crippen LogP contribution in [0.25, 0.3) is 11.1 Å². The normalized spacial score (nSPS) is 11.5. The third-order valence-electron chi connectivity index (χ3n) is 4.67. The fraction of sp³-hybridized carbons (Fsp3) is 0.182. The van der Waals surface area contributed by atoms with Crippen LogP contribution in [0.5, 0.6) is 0 Å². The maximum atomic E-state index is 12.9. The zero-order valence-corrected chi connectivity index (χ0v) is 17.0. The van der Waals surface area contributed by atoms with Gasteiger partial charge in [-0.15, -0.1) is 0 Å². The summed E-state index contributed by atoms with van der Waals surface area (Å²) in [5.41, 5.74) is 4.10. The van der Waals surface area contributed by atoms with E-state index in [1.54, 1.807) is 37.3 Å². The first-order chi connectivity index (χ1) is 14.9. The SMILES string of the molecule is Cc1cc(CNC(=O)C(C(=O)NO)N(C)C(=O)c2ccc(-c3ccccc3)cc2)no1. The van der Waals surface area contributed by atoms with Crippen molar-refractivity contribution in [2.24, 2.45) is 0 Å². The van der Waals surface area contributed by atoms with Crippen molar-refractivity contribution in [2.75, 3.05) is 7.05 Å². The number of amides is 3.